The normalized spacial score (nSPS) is 10.0. The molecule has 1 heteroatoms. The standard InChI is InChI=1S/C14H18S.2C2H6/c1-9(2)11-5-6-12-8-13(10(3)4)15-14(12)7-11;2*1-2/h5-10H,1-4H3;2*1-2H3. The molecule has 1 aromatic carbocycles. The van der Waals surface area contributed by atoms with E-state index in [0.717, 1.165) is 0 Å². The zero-order valence-corrected chi connectivity index (χ0v) is 14.7. The fourth-order valence-corrected chi connectivity index (χ4v) is 2.83. The molecule has 19 heavy (non-hydrogen) atoms. The van der Waals surface area contributed by atoms with Crippen molar-refractivity contribution in [2.24, 2.45) is 0 Å². The first kappa shape index (κ1) is 18.2. The molecule has 0 bridgehead atoms. The third-order valence-electron chi connectivity index (χ3n) is 2.80. The zero-order valence-electron chi connectivity index (χ0n) is 13.9. The van der Waals surface area contributed by atoms with Crippen molar-refractivity contribution in [2.75, 3.05) is 0 Å². The van der Waals surface area contributed by atoms with Crippen molar-refractivity contribution in [3.8, 4) is 0 Å². The zero-order chi connectivity index (χ0) is 15.0. The summed E-state index contributed by atoms with van der Waals surface area (Å²) in [4.78, 5) is 1.49. The maximum atomic E-state index is 2.34. The van der Waals surface area contributed by atoms with Crippen LogP contribution in [0.5, 0.6) is 0 Å². The Hall–Kier alpha value is -0.820. The van der Waals surface area contributed by atoms with Crippen LogP contribution in [-0.2, 0) is 0 Å². The summed E-state index contributed by atoms with van der Waals surface area (Å²) in [6, 6.07) is 9.18. The van der Waals surface area contributed by atoms with Gasteiger partial charge in [0.25, 0.3) is 0 Å². The van der Waals surface area contributed by atoms with Crippen LogP contribution in [0.2, 0.25) is 0 Å². The van der Waals surface area contributed by atoms with Gasteiger partial charge in [0.05, 0.1) is 0 Å². The van der Waals surface area contributed by atoms with Crippen molar-refractivity contribution in [2.45, 2.75) is 67.2 Å². The van der Waals surface area contributed by atoms with E-state index >= 15 is 0 Å². The first-order valence-corrected chi connectivity index (χ1v) is 8.43. The summed E-state index contributed by atoms with van der Waals surface area (Å²) in [5, 5.41) is 1.40. The van der Waals surface area contributed by atoms with Gasteiger partial charge in [-0.1, -0.05) is 67.5 Å². The van der Waals surface area contributed by atoms with Crippen LogP contribution in [0.3, 0.4) is 0 Å². The molecular weight excluding hydrogens is 248 g/mol. The monoisotopic (exact) mass is 278 g/mol. The van der Waals surface area contributed by atoms with Crippen LogP contribution in [0, 0.1) is 0 Å². The van der Waals surface area contributed by atoms with Crippen LogP contribution < -0.4 is 0 Å². The lowest BCUT2D eigenvalue weighted by molar-refractivity contribution is 0.869. The Kier molecular flexibility index (Phi) is 8.75. The Balaban J connectivity index is 0.000000741. The van der Waals surface area contributed by atoms with Gasteiger partial charge in [0, 0.05) is 9.58 Å². The van der Waals surface area contributed by atoms with Crippen molar-refractivity contribution in [3.05, 3.63) is 34.7 Å². The molecule has 1 aromatic heterocycles. The van der Waals surface area contributed by atoms with Gasteiger partial charge in [-0.15, -0.1) is 11.3 Å². The second-order valence-electron chi connectivity index (χ2n) is 4.76. The third-order valence-corrected chi connectivity index (χ3v) is 4.20. The van der Waals surface area contributed by atoms with Crippen LogP contribution in [0.15, 0.2) is 24.3 Å². The Morgan fingerprint density at radius 3 is 1.84 bits per heavy atom. The lowest BCUT2D eigenvalue weighted by Crippen LogP contribution is -1.84. The molecule has 2 aromatic rings. The molecule has 0 aliphatic carbocycles. The predicted molar refractivity (Wildman–Crippen MR) is 92.7 cm³/mol. The average molecular weight is 279 g/mol. The van der Waals surface area contributed by atoms with Crippen molar-refractivity contribution < 1.29 is 0 Å². The molecule has 0 saturated carbocycles. The lowest BCUT2D eigenvalue weighted by Gasteiger charge is -2.03. The molecular formula is C18H30S. The molecule has 108 valence electrons. The molecule has 0 unspecified atom stereocenters. The molecule has 0 atom stereocenters. The lowest BCUT2D eigenvalue weighted by atomic mass is 10.0. The van der Waals surface area contributed by atoms with E-state index in [9.17, 15) is 0 Å². The number of rotatable bonds is 2. The smallest absolute Gasteiger partial charge is 0.0348 e. The quantitative estimate of drug-likeness (QED) is 0.545. The molecule has 2 rings (SSSR count). The maximum absolute atomic E-state index is 2.34. The highest BCUT2D eigenvalue weighted by atomic mass is 32.1. The summed E-state index contributed by atoms with van der Waals surface area (Å²) < 4.78 is 1.44. The molecule has 0 nitrogen and oxygen atoms in total. The fourth-order valence-electron chi connectivity index (χ4n) is 1.71. The number of hydrogen-bond acceptors (Lipinski definition) is 1. The highest BCUT2D eigenvalue weighted by molar-refractivity contribution is 7.19. The second-order valence-corrected chi connectivity index (χ2v) is 5.87. The van der Waals surface area contributed by atoms with Crippen molar-refractivity contribution >= 4 is 21.4 Å². The molecule has 0 saturated heterocycles. The molecule has 0 amide bonds. The minimum absolute atomic E-state index is 0.624. The highest BCUT2D eigenvalue weighted by Crippen LogP contribution is 2.32. The first-order valence-electron chi connectivity index (χ1n) is 7.61. The topological polar surface area (TPSA) is 0 Å². The van der Waals surface area contributed by atoms with Gasteiger partial charge >= 0.3 is 0 Å². The van der Waals surface area contributed by atoms with Gasteiger partial charge in [-0.05, 0) is 34.9 Å². The van der Waals surface area contributed by atoms with Crippen LogP contribution in [-0.4, -0.2) is 0 Å². The number of benzene rings is 1. The Morgan fingerprint density at radius 1 is 0.789 bits per heavy atom. The van der Waals surface area contributed by atoms with E-state index in [4.69, 9.17) is 0 Å². The van der Waals surface area contributed by atoms with E-state index in [1.807, 2.05) is 39.0 Å². The van der Waals surface area contributed by atoms with E-state index in [1.165, 1.54) is 20.5 Å². The van der Waals surface area contributed by atoms with Crippen molar-refractivity contribution in [1.82, 2.24) is 0 Å². The minimum Gasteiger partial charge on any atom is -0.140 e. The number of thiophene rings is 1. The second kappa shape index (κ2) is 9.14. The number of fused-ring (bicyclic) bond motifs is 1. The Bertz CT molecular complexity index is 457. The van der Waals surface area contributed by atoms with E-state index in [-0.39, 0.29) is 0 Å². The van der Waals surface area contributed by atoms with Crippen LogP contribution in [0.1, 0.15) is 77.7 Å². The van der Waals surface area contributed by atoms with Crippen molar-refractivity contribution in [3.63, 3.8) is 0 Å². The van der Waals surface area contributed by atoms with Gasteiger partial charge in [-0.2, -0.15) is 0 Å². The summed E-state index contributed by atoms with van der Waals surface area (Å²) in [7, 11) is 0. The van der Waals surface area contributed by atoms with Gasteiger partial charge < -0.3 is 0 Å². The summed E-state index contributed by atoms with van der Waals surface area (Å²) in [5.74, 6) is 1.27. The Morgan fingerprint density at radius 2 is 1.37 bits per heavy atom. The third kappa shape index (κ3) is 4.99. The summed E-state index contributed by atoms with van der Waals surface area (Å²) >= 11 is 1.94. The molecule has 0 aliphatic heterocycles. The summed E-state index contributed by atoms with van der Waals surface area (Å²) in [6.45, 7) is 17.0. The van der Waals surface area contributed by atoms with E-state index < -0.39 is 0 Å². The van der Waals surface area contributed by atoms with Crippen LogP contribution >= 0.6 is 11.3 Å². The van der Waals surface area contributed by atoms with E-state index in [2.05, 4.69) is 52.0 Å². The van der Waals surface area contributed by atoms with Gasteiger partial charge in [0.15, 0.2) is 0 Å². The van der Waals surface area contributed by atoms with E-state index in [1.54, 1.807) is 0 Å². The molecule has 0 radical (unpaired) electrons. The van der Waals surface area contributed by atoms with Crippen LogP contribution in [0.4, 0.5) is 0 Å². The number of hydrogen-bond donors (Lipinski definition) is 0. The molecule has 0 fully saturated rings. The maximum Gasteiger partial charge on any atom is 0.0348 e. The summed E-state index contributed by atoms with van der Waals surface area (Å²) in [6.07, 6.45) is 0. The molecule has 0 aliphatic rings. The largest absolute Gasteiger partial charge is 0.140 e. The average Bonchev–Trinajstić information content (AvgIpc) is 2.86. The van der Waals surface area contributed by atoms with Gasteiger partial charge in [0.1, 0.15) is 0 Å². The Labute approximate surface area is 123 Å². The molecule has 0 spiro atoms. The highest BCUT2D eigenvalue weighted by Gasteiger charge is 2.06. The predicted octanol–water partition coefficient (Wildman–Crippen LogP) is 7.20. The van der Waals surface area contributed by atoms with Gasteiger partial charge in [-0.25, -0.2) is 0 Å². The van der Waals surface area contributed by atoms with Crippen molar-refractivity contribution in [1.29, 1.82) is 0 Å². The SMILES string of the molecule is CC.CC.CC(C)c1ccc2cc(C(C)C)sc2c1. The molecule has 1 heterocycles. The minimum atomic E-state index is 0.624. The first-order chi connectivity index (χ1) is 9.08. The van der Waals surface area contributed by atoms with E-state index in [0.29, 0.717) is 11.8 Å². The summed E-state index contributed by atoms with van der Waals surface area (Å²) in [5.41, 5.74) is 1.44. The van der Waals surface area contributed by atoms with Crippen LogP contribution in [0.25, 0.3) is 10.1 Å². The van der Waals surface area contributed by atoms with Gasteiger partial charge in [-0.3, -0.25) is 0 Å². The molecule has 0 N–H and O–H groups in total. The fraction of sp³-hybridized carbons (Fsp3) is 0.556. The van der Waals surface area contributed by atoms with Gasteiger partial charge in [0.2, 0.25) is 0 Å².